The number of hydrogen-bond acceptors (Lipinski definition) is 5. The summed E-state index contributed by atoms with van der Waals surface area (Å²) in [7, 11) is 0. The van der Waals surface area contributed by atoms with Crippen molar-refractivity contribution in [3.8, 4) is 0 Å². The maximum Gasteiger partial charge on any atom is 0.416 e. The molecule has 0 saturated heterocycles. The largest absolute Gasteiger partial charge is 0.416 e. The highest BCUT2D eigenvalue weighted by atomic mass is 19.4. The van der Waals surface area contributed by atoms with Gasteiger partial charge < -0.3 is 16.0 Å². The molecule has 0 aliphatic carbocycles. The molecule has 2 aliphatic rings. The number of rotatable bonds is 8. The molecular formula is C27H31F4N5. The van der Waals surface area contributed by atoms with Crippen LogP contribution in [0.25, 0.3) is 0 Å². The Labute approximate surface area is 209 Å². The van der Waals surface area contributed by atoms with Crippen LogP contribution in [0.3, 0.4) is 0 Å². The van der Waals surface area contributed by atoms with Crippen LogP contribution in [0, 0.1) is 0 Å². The summed E-state index contributed by atoms with van der Waals surface area (Å²) in [6, 6.07) is 15.1. The van der Waals surface area contributed by atoms with E-state index in [1.165, 1.54) is 24.0 Å². The van der Waals surface area contributed by atoms with Crippen molar-refractivity contribution in [2.75, 3.05) is 19.6 Å². The number of alkyl halides is 3. The third kappa shape index (κ3) is 6.14. The standard InChI is InChI=1S/C27H31F4N5/c1-2-36(18-22-8-10-23(11-9-22)27(29,30)31)25-24(28)26(32,34-19-33-25)16-20-12-14-35(15-13-20)17-21-6-4-3-5-7-21/h3-12,19H,2,13-18,32H2,1H3,(H,33,34). The monoisotopic (exact) mass is 501 g/mol. The third-order valence-electron chi connectivity index (χ3n) is 6.57. The van der Waals surface area contributed by atoms with Gasteiger partial charge in [0, 0.05) is 39.1 Å². The predicted molar refractivity (Wildman–Crippen MR) is 133 cm³/mol. The van der Waals surface area contributed by atoms with E-state index in [9.17, 15) is 13.2 Å². The molecule has 0 fully saturated rings. The molecule has 0 aromatic heterocycles. The van der Waals surface area contributed by atoms with Crippen molar-refractivity contribution >= 4 is 6.34 Å². The van der Waals surface area contributed by atoms with Crippen LogP contribution in [0.5, 0.6) is 0 Å². The van der Waals surface area contributed by atoms with Crippen LogP contribution in [0.4, 0.5) is 17.6 Å². The summed E-state index contributed by atoms with van der Waals surface area (Å²) in [5.41, 5.74) is 7.15. The zero-order chi connectivity index (χ0) is 25.8. The molecule has 4 rings (SSSR count). The van der Waals surface area contributed by atoms with Crippen molar-refractivity contribution in [1.82, 2.24) is 15.1 Å². The first-order chi connectivity index (χ1) is 17.2. The number of hydrogen-bond donors (Lipinski definition) is 2. The second-order valence-corrected chi connectivity index (χ2v) is 9.21. The number of aliphatic imine (C=N–C) groups is 1. The zero-order valence-electron chi connectivity index (χ0n) is 20.2. The first-order valence-electron chi connectivity index (χ1n) is 12.0. The Hall–Kier alpha value is -3.17. The Bertz CT molecular complexity index is 1130. The summed E-state index contributed by atoms with van der Waals surface area (Å²) in [4.78, 5) is 8.28. The second kappa shape index (κ2) is 10.8. The lowest BCUT2D eigenvalue weighted by Crippen LogP contribution is -2.48. The van der Waals surface area contributed by atoms with Crippen molar-refractivity contribution in [3.05, 3.63) is 94.6 Å². The highest BCUT2D eigenvalue weighted by Crippen LogP contribution is 2.33. The number of nitrogens with two attached hydrogens (primary N) is 1. The highest BCUT2D eigenvalue weighted by Gasteiger charge is 2.37. The fraction of sp³-hybridized carbons (Fsp3) is 0.370. The van der Waals surface area contributed by atoms with Gasteiger partial charge in [-0.25, -0.2) is 9.38 Å². The van der Waals surface area contributed by atoms with Gasteiger partial charge in [0.1, 0.15) is 5.82 Å². The Morgan fingerprint density at radius 1 is 1.08 bits per heavy atom. The zero-order valence-corrected chi connectivity index (χ0v) is 20.2. The molecule has 0 saturated carbocycles. The van der Waals surface area contributed by atoms with Gasteiger partial charge in [0.05, 0.1) is 11.9 Å². The van der Waals surface area contributed by atoms with Crippen molar-refractivity contribution in [3.63, 3.8) is 0 Å². The Kier molecular flexibility index (Phi) is 7.80. The molecule has 1 atom stereocenters. The van der Waals surface area contributed by atoms with Crippen molar-refractivity contribution < 1.29 is 17.6 Å². The summed E-state index contributed by atoms with van der Waals surface area (Å²) in [5, 5.41) is 2.85. The molecule has 0 amide bonds. The topological polar surface area (TPSA) is 56.9 Å². The van der Waals surface area contributed by atoms with Crippen LogP contribution in [-0.4, -0.2) is 41.4 Å². The maximum absolute atomic E-state index is 15.7. The van der Waals surface area contributed by atoms with E-state index >= 15 is 4.39 Å². The van der Waals surface area contributed by atoms with E-state index in [-0.39, 0.29) is 18.8 Å². The average Bonchev–Trinajstić information content (AvgIpc) is 2.86. The van der Waals surface area contributed by atoms with Gasteiger partial charge in [-0.05, 0) is 36.6 Å². The SMILES string of the molecule is CCN(Cc1ccc(C(F)(F)F)cc1)C1=C(F)C(N)(CC2=CCN(Cc3ccccc3)CC2)N=CN1. The number of halogens is 4. The first-order valence-corrected chi connectivity index (χ1v) is 12.0. The van der Waals surface area contributed by atoms with Crippen LogP contribution < -0.4 is 11.1 Å². The van der Waals surface area contributed by atoms with E-state index in [0.717, 1.165) is 43.8 Å². The van der Waals surface area contributed by atoms with Crippen LogP contribution in [0.1, 0.15) is 36.5 Å². The molecule has 3 N–H and O–H groups in total. The minimum atomic E-state index is -4.40. The van der Waals surface area contributed by atoms with E-state index in [1.807, 2.05) is 25.1 Å². The molecule has 1 unspecified atom stereocenters. The molecule has 5 nitrogen and oxygen atoms in total. The van der Waals surface area contributed by atoms with Crippen LogP contribution in [0.2, 0.25) is 0 Å². The average molecular weight is 502 g/mol. The molecule has 36 heavy (non-hydrogen) atoms. The summed E-state index contributed by atoms with van der Waals surface area (Å²) in [6.45, 7) is 4.97. The smallest absolute Gasteiger partial charge is 0.352 e. The molecule has 0 spiro atoms. The highest BCUT2D eigenvalue weighted by molar-refractivity contribution is 5.61. The molecule has 2 aromatic rings. The Balaban J connectivity index is 1.43. The van der Waals surface area contributed by atoms with Gasteiger partial charge in [0.15, 0.2) is 11.5 Å². The molecule has 9 heteroatoms. The van der Waals surface area contributed by atoms with Gasteiger partial charge in [0.2, 0.25) is 0 Å². The van der Waals surface area contributed by atoms with Crippen LogP contribution >= 0.6 is 0 Å². The fourth-order valence-corrected chi connectivity index (χ4v) is 4.50. The van der Waals surface area contributed by atoms with Crippen molar-refractivity contribution in [2.24, 2.45) is 10.7 Å². The Morgan fingerprint density at radius 3 is 2.42 bits per heavy atom. The minimum absolute atomic E-state index is 0.192. The minimum Gasteiger partial charge on any atom is -0.352 e. The summed E-state index contributed by atoms with van der Waals surface area (Å²) in [5.74, 6) is -0.386. The van der Waals surface area contributed by atoms with Gasteiger partial charge in [-0.2, -0.15) is 13.2 Å². The van der Waals surface area contributed by atoms with Crippen LogP contribution in [0.15, 0.2) is 82.9 Å². The summed E-state index contributed by atoms with van der Waals surface area (Å²) in [6.07, 6.45) is 0.146. The summed E-state index contributed by atoms with van der Waals surface area (Å²) < 4.78 is 54.4. The van der Waals surface area contributed by atoms with Crippen molar-refractivity contribution in [1.29, 1.82) is 0 Å². The lowest BCUT2D eigenvalue weighted by molar-refractivity contribution is -0.137. The lowest BCUT2D eigenvalue weighted by atomic mass is 9.94. The summed E-state index contributed by atoms with van der Waals surface area (Å²) >= 11 is 0. The number of nitrogens with one attached hydrogen (secondary N) is 1. The van der Waals surface area contributed by atoms with E-state index in [1.54, 1.807) is 4.90 Å². The first kappa shape index (κ1) is 25.9. The third-order valence-corrected chi connectivity index (χ3v) is 6.57. The molecule has 2 aliphatic heterocycles. The molecule has 192 valence electrons. The van der Waals surface area contributed by atoms with Crippen LogP contribution in [-0.2, 0) is 19.3 Å². The van der Waals surface area contributed by atoms with Gasteiger partial charge in [-0.1, -0.05) is 54.1 Å². The lowest BCUT2D eigenvalue weighted by Gasteiger charge is -2.35. The normalized spacial score (nSPS) is 20.8. The molecule has 0 bridgehead atoms. The number of benzene rings is 2. The fourth-order valence-electron chi connectivity index (χ4n) is 4.50. The predicted octanol–water partition coefficient (Wildman–Crippen LogP) is 5.17. The van der Waals surface area contributed by atoms with Gasteiger partial charge in [0.25, 0.3) is 0 Å². The van der Waals surface area contributed by atoms with Gasteiger partial charge >= 0.3 is 6.18 Å². The van der Waals surface area contributed by atoms with E-state index in [0.29, 0.717) is 12.1 Å². The quantitative estimate of drug-likeness (QED) is 0.387. The van der Waals surface area contributed by atoms with Gasteiger partial charge in [-0.15, -0.1) is 0 Å². The second-order valence-electron chi connectivity index (χ2n) is 9.21. The van der Waals surface area contributed by atoms with Crippen molar-refractivity contribution in [2.45, 2.75) is 44.7 Å². The molecule has 0 radical (unpaired) electrons. The van der Waals surface area contributed by atoms with E-state index in [4.69, 9.17) is 5.73 Å². The molecule has 2 aromatic carbocycles. The van der Waals surface area contributed by atoms with E-state index in [2.05, 4.69) is 33.4 Å². The molecule has 2 heterocycles. The van der Waals surface area contributed by atoms with E-state index < -0.39 is 23.2 Å². The maximum atomic E-state index is 15.7. The molecular weight excluding hydrogens is 470 g/mol. The Morgan fingerprint density at radius 2 is 1.81 bits per heavy atom. The number of nitrogens with zero attached hydrogens (tertiary/aromatic N) is 3. The van der Waals surface area contributed by atoms with Gasteiger partial charge in [-0.3, -0.25) is 4.90 Å².